The average Bonchev–Trinajstić information content (AvgIpc) is 3.34. The van der Waals surface area contributed by atoms with Crippen molar-refractivity contribution >= 4 is 21.9 Å². The van der Waals surface area contributed by atoms with Gasteiger partial charge in [0.1, 0.15) is 6.29 Å². The lowest BCUT2D eigenvalue weighted by molar-refractivity contribution is -0.112. The molecule has 1 aromatic rings. The van der Waals surface area contributed by atoms with Crippen molar-refractivity contribution < 1.29 is 18.0 Å². The molecule has 0 N–H and O–H groups in total. The van der Waals surface area contributed by atoms with E-state index in [9.17, 15) is 23.3 Å². The van der Waals surface area contributed by atoms with E-state index in [0.717, 1.165) is 0 Å². The number of sulfone groups is 1. The maximum absolute atomic E-state index is 12.6. The molecule has 1 aliphatic carbocycles. The van der Waals surface area contributed by atoms with Gasteiger partial charge in [0.2, 0.25) is 0 Å². The molecule has 0 amide bonds. The fourth-order valence-electron chi connectivity index (χ4n) is 2.21. The van der Waals surface area contributed by atoms with Crippen molar-refractivity contribution in [2.45, 2.75) is 24.8 Å². The number of nitrogens with zero attached hydrogens (tertiary/aromatic N) is 2. The topological polar surface area (TPSA) is 105 Å². The van der Waals surface area contributed by atoms with E-state index in [1.54, 1.807) is 6.07 Å². The molecule has 0 aliphatic heterocycles. The second-order valence-corrected chi connectivity index (χ2v) is 7.16. The quantitative estimate of drug-likeness (QED) is 0.444. The average molecular weight is 306 g/mol. The molecule has 0 aromatic carbocycles. The predicted octanol–water partition coefficient (Wildman–Crippen LogP) is 1.18. The van der Waals surface area contributed by atoms with Crippen molar-refractivity contribution in [1.82, 2.24) is 4.98 Å². The van der Waals surface area contributed by atoms with Gasteiger partial charge in [0, 0.05) is 6.20 Å². The minimum Gasteiger partial charge on any atom is -0.301 e. The number of pyridine rings is 1. The van der Waals surface area contributed by atoms with Gasteiger partial charge in [0.15, 0.2) is 26.1 Å². The Morgan fingerprint density at radius 2 is 2.24 bits per heavy atom. The van der Waals surface area contributed by atoms with Crippen molar-refractivity contribution in [3.63, 3.8) is 0 Å². The van der Waals surface area contributed by atoms with Gasteiger partial charge in [-0.1, -0.05) is 6.92 Å². The first-order valence-corrected chi connectivity index (χ1v) is 8.18. The van der Waals surface area contributed by atoms with Crippen molar-refractivity contribution in [3.05, 3.63) is 23.9 Å². The molecule has 0 radical (unpaired) electrons. The summed E-state index contributed by atoms with van der Waals surface area (Å²) in [5.74, 6) is -1.33. The molecule has 1 heterocycles. The fraction of sp³-hybridized carbons (Fsp3) is 0.429. The highest BCUT2D eigenvalue weighted by Gasteiger charge is 2.52. The molecule has 7 heteroatoms. The highest BCUT2D eigenvalue weighted by atomic mass is 32.2. The SMILES string of the molecule is CCS(=O)(=O)c1ncccc1C(=O)C(C#N)(C=O)C1CC1. The van der Waals surface area contributed by atoms with Crippen LogP contribution in [0.2, 0.25) is 0 Å². The normalized spacial score (nSPS) is 17.5. The molecule has 1 aromatic heterocycles. The summed E-state index contributed by atoms with van der Waals surface area (Å²) in [5, 5.41) is 8.94. The second-order valence-electron chi connectivity index (χ2n) is 4.96. The largest absolute Gasteiger partial charge is 0.301 e. The number of rotatable bonds is 6. The number of aromatic nitrogens is 1. The number of Topliss-reactive ketones (excluding diaryl/α,β-unsaturated/α-hetero) is 1. The summed E-state index contributed by atoms with van der Waals surface area (Å²) in [5.41, 5.74) is -1.99. The Hall–Kier alpha value is -2.07. The van der Waals surface area contributed by atoms with Crippen molar-refractivity contribution in [1.29, 1.82) is 5.26 Å². The van der Waals surface area contributed by atoms with Crippen LogP contribution in [-0.2, 0) is 14.6 Å². The summed E-state index contributed by atoms with van der Waals surface area (Å²) < 4.78 is 24.1. The molecule has 1 atom stereocenters. The van der Waals surface area contributed by atoms with Crippen LogP contribution in [0.1, 0.15) is 30.1 Å². The van der Waals surface area contributed by atoms with E-state index in [1.165, 1.54) is 25.3 Å². The van der Waals surface area contributed by atoms with Crippen LogP contribution in [0.3, 0.4) is 0 Å². The number of hydrogen-bond donors (Lipinski definition) is 0. The first-order valence-electron chi connectivity index (χ1n) is 6.53. The van der Waals surface area contributed by atoms with E-state index < -0.39 is 21.0 Å². The molecular formula is C14H14N2O4S. The zero-order valence-electron chi connectivity index (χ0n) is 11.4. The zero-order valence-corrected chi connectivity index (χ0v) is 12.3. The summed E-state index contributed by atoms with van der Waals surface area (Å²) in [6.45, 7) is 1.44. The van der Waals surface area contributed by atoms with E-state index in [2.05, 4.69) is 4.98 Å². The third-order valence-corrected chi connectivity index (χ3v) is 5.33. The van der Waals surface area contributed by atoms with Gasteiger partial charge in [-0.3, -0.25) is 4.79 Å². The van der Waals surface area contributed by atoms with Gasteiger partial charge in [-0.15, -0.1) is 0 Å². The predicted molar refractivity (Wildman–Crippen MR) is 73.1 cm³/mol. The van der Waals surface area contributed by atoms with Gasteiger partial charge < -0.3 is 4.79 Å². The zero-order chi connectivity index (χ0) is 15.7. The van der Waals surface area contributed by atoms with Crippen LogP contribution in [0.25, 0.3) is 0 Å². The van der Waals surface area contributed by atoms with E-state index in [-0.39, 0.29) is 22.3 Å². The molecule has 2 rings (SSSR count). The Bertz CT molecular complexity index is 732. The third kappa shape index (κ3) is 2.47. The van der Waals surface area contributed by atoms with Crippen LogP contribution >= 0.6 is 0 Å². The number of aldehydes is 1. The standard InChI is InChI=1S/C14H14N2O4S/c1-2-21(19,20)13-11(4-3-7-16-13)12(18)14(8-15,9-17)10-5-6-10/h3-4,7,9-10H,2,5-6H2,1H3. The van der Waals surface area contributed by atoms with Gasteiger partial charge in [0.05, 0.1) is 17.4 Å². The van der Waals surface area contributed by atoms with Crippen molar-refractivity contribution in [2.75, 3.05) is 5.75 Å². The maximum atomic E-state index is 12.6. The Balaban J connectivity index is 2.60. The first-order chi connectivity index (χ1) is 9.93. The van der Waals surface area contributed by atoms with E-state index in [0.29, 0.717) is 19.1 Å². The van der Waals surface area contributed by atoms with Gasteiger partial charge in [-0.25, -0.2) is 13.4 Å². The number of nitriles is 1. The summed E-state index contributed by atoms with van der Waals surface area (Å²) in [7, 11) is -3.71. The van der Waals surface area contributed by atoms with Crippen LogP contribution in [-0.4, -0.2) is 31.2 Å². The number of carbonyl (C=O) groups is 2. The smallest absolute Gasteiger partial charge is 0.196 e. The summed E-state index contributed by atoms with van der Waals surface area (Å²) in [4.78, 5) is 27.8. The molecule has 1 unspecified atom stereocenters. The number of carbonyl (C=O) groups excluding carboxylic acids is 2. The molecular weight excluding hydrogens is 292 g/mol. The van der Waals surface area contributed by atoms with E-state index in [1.807, 2.05) is 0 Å². The highest BCUT2D eigenvalue weighted by molar-refractivity contribution is 7.91. The Morgan fingerprint density at radius 3 is 2.71 bits per heavy atom. The fourth-order valence-corrected chi connectivity index (χ4v) is 3.20. The Morgan fingerprint density at radius 1 is 1.57 bits per heavy atom. The minimum atomic E-state index is -3.71. The Labute approximate surface area is 122 Å². The maximum Gasteiger partial charge on any atom is 0.196 e. The number of ketones is 1. The van der Waals surface area contributed by atoms with Gasteiger partial charge in [-0.2, -0.15) is 5.26 Å². The van der Waals surface area contributed by atoms with Crippen LogP contribution in [0.5, 0.6) is 0 Å². The van der Waals surface area contributed by atoms with E-state index >= 15 is 0 Å². The lowest BCUT2D eigenvalue weighted by Crippen LogP contribution is -2.35. The molecule has 6 nitrogen and oxygen atoms in total. The van der Waals surface area contributed by atoms with Crippen LogP contribution in [0.15, 0.2) is 23.4 Å². The highest BCUT2D eigenvalue weighted by Crippen LogP contribution is 2.46. The lowest BCUT2D eigenvalue weighted by atomic mass is 9.79. The second kappa shape index (κ2) is 5.37. The molecule has 110 valence electrons. The molecule has 21 heavy (non-hydrogen) atoms. The monoisotopic (exact) mass is 306 g/mol. The molecule has 1 saturated carbocycles. The molecule has 0 bridgehead atoms. The summed E-state index contributed by atoms with van der Waals surface area (Å²) in [6.07, 6.45) is 2.82. The van der Waals surface area contributed by atoms with Crippen LogP contribution in [0.4, 0.5) is 0 Å². The van der Waals surface area contributed by atoms with Gasteiger partial charge in [-0.05, 0) is 30.9 Å². The molecule has 0 spiro atoms. The summed E-state index contributed by atoms with van der Waals surface area (Å²) in [6, 6.07) is 4.50. The number of hydrogen-bond acceptors (Lipinski definition) is 6. The lowest BCUT2D eigenvalue weighted by Gasteiger charge is -2.19. The minimum absolute atomic E-state index is 0.181. The van der Waals surface area contributed by atoms with Gasteiger partial charge in [0.25, 0.3) is 0 Å². The summed E-state index contributed by atoms with van der Waals surface area (Å²) >= 11 is 0. The van der Waals surface area contributed by atoms with E-state index in [4.69, 9.17) is 0 Å². The molecule has 0 saturated heterocycles. The first kappa shape index (κ1) is 15.3. The molecule has 1 aliphatic rings. The van der Waals surface area contributed by atoms with Crippen LogP contribution < -0.4 is 0 Å². The van der Waals surface area contributed by atoms with Crippen molar-refractivity contribution in [3.8, 4) is 6.07 Å². The van der Waals surface area contributed by atoms with Crippen LogP contribution in [0, 0.1) is 22.7 Å². The van der Waals surface area contributed by atoms with Crippen molar-refractivity contribution in [2.24, 2.45) is 11.3 Å². The van der Waals surface area contributed by atoms with Gasteiger partial charge >= 0.3 is 0 Å². The molecule has 1 fully saturated rings. The third-order valence-electron chi connectivity index (χ3n) is 3.66. The Kier molecular flexibility index (Phi) is 3.92.